The third-order valence-electron chi connectivity index (χ3n) is 7.05. The van der Waals surface area contributed by atoms with Crippen LogP contribution in [0.2, 0.25) is 5.02 Å². The van der Waals surface area contributed by atoms with Crippen LogP contribution in [0.5, 0.6) is 5.75 Å². The van der Waals surface area contributed by atoms with Crippen LogP contribution in [0, 0.1) is 17.8 Å². The number of halogens is 1. The van der Waals surface area contributed by atoms with Gasteiger partial charge in [-0.25, -0.2) is 0 Å². The number of ether oxygens (including phenoxy) is 1. The average Bonchev–Trinajstić information content (AvgIpc) is 2.82. The van der Waals surface area contributed by atoms with Crippen LogP contribution in [0.25, 0.3) is 0 Å². The number of benzene rings is 2. The highest BCUT2D eigenvalue weighted by atomic mass is 35.5. The molecule has 4 heteroatoms. The van der Waals surface area contributed by atoms with Crippen LogP contribution < -0.4 is 10.5 Å². The number of nitrogens with two attached hydrogens (primary N) is 1. The summed E-state index contributed by atoms with van der Waals surface area (Å²) in [7, 11) is 0. The highest BCUT2D eigenvalue weighted by molar-refractivity contribution is 6.30. The van der Waals surface area contributed by atoms with Crippen molar-refractivity contribution in [1.82, 2.24) is 4.90 Å². The molecule has 0 aliphatic heterocycles. The van der Waals surface area contributed by atoms with Gasteiger partial charge in [-0.2, -0.15) is 0 Å². The molecule has 0 saturated heterocycles. The molecule has 0 heterocycles. The zero-order valence-corrected chi connectivity index (χ0v) is 20.5. The fourth-order valence-electron chi connectivity index (χ4n) is 5.01. The van der Waals surface area contributed by atoms with E-state index in [9.17, 15) is 0 Å². The number of hydrogen-bond acceptors (Lipinski definition) is 3. The Morgan fingerprint density at radius 2 is 1.70 bits per heavy atom. The first-order chi connectivity index (χ1) is 16.1. The van der Waals surface area contributed by atoms with Crippen molar-refractivity contribution in [3.63, 3.8) is 0 Å². The van der Waals surface area contributed by atoms with Crippen molar-refractivity contribution < 1.29 is 4.74 Å². The maximum Gasteiger partial charge on any atom is 0.126 e. The van der Waals surface area contributed by atoms with Crippen LogP contribution in [-0.2, 0) is 13.1 Å². The van der Waals surface area contributed by atoms with Crippen LogP contribution in [0.3, 0.4) is 0 Å². The molecular formula is C29H37ClN2O. The normalized spacial score (nSPS) is 22.9. The average molecular weight is 465 g/mol. The Labute approximate surface area is 204 Å². The Hall–Kier alpha value is -2.07. The number of nitrogens with zero attached hydrogens (tertiary/aromatic N) is 1. The highest BCUT2D eigenvalue weighted by Gasteiger charge is 2.22. The molecule has 2 aromatic carbocycles. The van der Waals surface area contributed by atoms with Gasteiger partial charge < -0.3 is 10.5 Å². The van der Waals surface area contributed by atoms with E-state index in [0.717, 1.165) is 55.0 Å². The van der Waals surface area contributed by atoms with Gasteiger partial charge in [0.25, 0.3) is 0 Å². The van der Waals surface area contributed by atoms with Crippen molar-refractivity contribution in [2.24, 2.45) is 23.5 Å². The zero-order chi connectivity index (χ0) is 23.0. The molecule has 33 heavy (non-hydrogen) atoms. The lowest BCUT2D eigenvalue weighted by Gasteiger charge is -2.32. The molecule has 2 aromatic rings. The van der Waals surface area contributed by atoms with Crippen molar-refractivity contribution in [3.05, 3.63) is 88.7 Å². The van der Waals surface area contributed by atoms with Gasteiger partial charge in [-0.05, 0) is 92.0 Å². The first-order valence-electron chi connectivity index (χ1n) is 12.4. The minimum absolute atomic E-state index is 0.428. The highest BCUT2D eigenvalue weighted by Crippen LogP contribution is 2.30. The van der Waals surface area contributed by atoms with Crippen LogP contribution >= 0.6 is 11.6 Å². The van der Waals surface area contributed by atoms with E-state index in [1.54, 1.807) is 0 Å². The van der Waals surface area contributed by atoms with E-state index in [1.807, 2.05) is 12.1 Å². The zero-order valence-electron chi connectivity index (χ0n) is 19.8. The van der Waals surface area contributed by atoms with Crippen molar-refractivity contribution in [2.45, 2.75) is 52.1 Å². The predicted molar refractivity (Wildman–Crippen MR) is 138 cm³/mol. The second-order valence-corrected chi connectivity index (χ2v) is 10.2. The first kappa shape index (κ1) is 24.1. The van der Waals surface area contributed by atoms with Crippen molar-refractivity contribution in [2.75, 3.05) is 13.1 Å². The predicted octanol–water partition coefficient (Wildman–Crippen LogP) is 6.97. The summed E-state index contributed by atoms with van der Waals surface area (Å²) in [5.41, 5.74) is 8.49. The maximum absolute atomic E-state index is 6.27. The molecule has 1 atom stereocenters. The summed E-state index contributed by atoms with van der Waals surface area (Å²) in [5.74, 6) is 3.84. The topological polar surface area (TPSA) is 38.5 Å². The number of allylic oxidation sites excluding steroid dienone is 4. The number of hydrogen-bond donors (Lipinski definition) is 1. The fraction of sp³-hybridized carbons (Fsp3) is 0.448. The van der Waals surface area contributed by atoms with Gasteiger partial charge in [-0.1, -0.05) is 54.9 Å². The summed E-state index contributed by atoms with van der Waals surface area (Å²) in [5, 5.41) is 0.804. The molecule has 1 fully saturated rings. The third kappa shape index (κ3) is 7.20. The Kier molecular flexibility index (Phi) is 8.66. The van der Waals surface area contributed by atoms with Gasteiger partial charge in [0.05, 0.1) is 0 Å². The van der Waals surface area contributed by atoms with E-state index in [4.69, 9.17) is 22.1 Å². The minimum atomic E-state index is 0.428. The van der Waals surface area contributed by atoms with Crippen molar-refractivity contribution >= 4 is 11.6 Å². The van der Waals surface area contributed by atoms with E-state index in [0.29, 0.717) is 11.8 Å². The molecule has 0 bridgehead atoms. The van der Waals surface area contributed by atoms with Gasteiger partial charge in [-0.15, -0.1) is 0 Å². The largest absolute Gasteiger partial charge is 0.461 e. The Bertz CT molecular complexity index is 944. The molecule has 0 spiro atoms. The van der Waals surface area contributed by atoms with Gasteiger partial charge in [0.15, 0.2) is 0 Å². The molecule has 4 rings (SSSR count). The molecule has 176 valence electrons. The van der Waals surface area contributed by atoms with Crippen LogP contribution in [-0.4, -0.2) is 18.0 Å². The lowest BCUT2D eigenvalue weighted by Crippen LogP contribution is -2.32. The van der Waals surface area contributed by atoms with E-state index in [1.165, 1.54) is 36.8 Å². The molecule has 1 saturated carbocycles. The van der Waals surface area contributed by atoms with Crippen LogP contribution in [0.4, 0.5) is 0 Å². The molecule has 3 nitrogen and oxygen atoms in total. The van der Waals surface area contributed by atoms with Crippen LogP contribution in [0.15, 0.2) is 72.5 Å². The second kappa shape index (κ2) is 11.9. The molecule has 2 N–H and O–H groups in total. The van der Waals surface area contributed by atoms with Gasteiger partial charge in [0, 0.05) is 30.6 Å². The monoisotopic (exact) mass is 464 g/mol. The molecule has 0 radical (unpaired) electrons. The molecule has 1 unspecified atom stereocenters. The SMILES string of the molecule is CC1CC=CC=C1Oc1ccc(CN(Cc2cccc(Cl)c2)CC2CCC(CN)CC2)cc1. The smallest absolute Gasteiger partial charge is 0.126 e. The van der Waals surface area contributed by atoms with Crippen molar-refractivity contribution in [1.29, 1.82) is 0 Å². The second-order valence-electron chi connectivity index (χ2n) is 9.80. The number of rotatable bonds is 9. The van der Waals surface area contributed by atoms with Gasteiger partial charge in [-0.3, -0.25) is 4.90 Å². The summed E-state index contributed by atoms with van der Waals surface area (Å²) < 4.78 is 6.15. The van der Waals surface area contributed by atoms with E-state index in [2.05, 4.69) is 66.4 Å². The minimum Gasteiger partial charge on any atom is -0.461 e. The lowest BCUT2D eigenvalue weighted by atomic mass is 9.82. The maximum atomic E-state index is 6.27. The summed E-state index contributed by atoms with van der Waals surface area (Å²) in [6, 6.07) is 16.9. The Morgan fingerprint density at radius 1 is 0.970 bits per heavy atom. The van der Waals surface area contributed by atoms with E-state index < -0.39 is 0 Å². The van der Waals surface area contributed by atoms with Gasteiger partial charge in [0.1, 0.15) is 11.5 Å². The summed E-state index contributed by atoms with van der Waals surface area (Å²) in [6.45, 7) is 5.98. The standard InChI is InChI=1S/C29H37ClN2O/c1-22-5-2-3-8-29(22)33-28-15-13-25(14-16-28)20-32(21-26-6-4-7-27(30)17-26)19-24-11-9-23(18-31)10-12-24/h2-4,6-8,13-17,22-24H,5,9-12,18-21,31H2,1H3. The van der Waals surface area contributed by atoms with Crippen molar-refractivity contribution in [3.8, 4) is 5.75 Å². The fourth-order valence-corrected chi connectivity index (χ4v) is 5.22. The van der Waals surface area contributed by atoms with E-state index >= 15 is 0 Å². The van der Waals surface area contributed by atoms with Crippen LogP contribution in [0.1, 0.15) is 50.2 Å². The van der Waals surface area contributed by atoms with Gasteiger partial charge in [0.2, 0.25) is 0 Å². The molecule has 0 amide bonds. The first-order valence-corrected chi connectivity index (χ1v) is 12.8. The third-order valence-corrected chi connectivity index (χ3v) is 7.28. The van der Waals surface area contributed by atoms with Gasteiger partial charge >= 0.3 is 0 Å². The summed E-state index contributed by atoms with van der Waals surface area (Å²) in [6.07, 6.45) is 12.5. The van der Waals surface area contributed by atoms with E-state index in [-0.39, 0.29) is 0 Å². The Balaban J connectivity index is 1.41. The summed E-state index contributed by atoms with van der Waals surface area (Å²) in [4.78, 5) is 2.57. The molecule has 2 aliphatic carbocycles. The quantitative estimate of drug-likeness (QED) is 0.435. The molecule has 2 aliphatic rings. The molecule has 0 aromatic heterocycles. The summed E-state index contributed by atoms with van der Waals surface area (Å²) >= 11 is 6.27. The molecular weight excluding hydrogens is 428 g/mol. The lowest BCUT2D eigenvalue weighted by molar-refractivity contribution is 0.170. The Morgan fingerprint density at radius 3 is 2.39 bits per heavy atom.